The molecule has 6 aromatic carbocycles. The van der Waals surface area contributed by atoms with Crippen molar-refractivity contribution >= 4 is 22.2 Å². The van der Waals surface area contributed by atoms with Crippen LogP contribution in [0.4, 0.5) is 5.69 Å². The normalized spacial score (nSPS) is 14.0. The molecule has 1 atom stereocenters. The van der Waals surface area contributed by atoms with Gasteiger partial charge in [-0.3, -0.25) is 4.99 Å². The first-order valence-electron chi connectivity index (χ1n) is 16.9. The lowest BCUT2D eigenvalue weighted by atomic mass is 9.84. The summed E-state index contributed by atoms with van der Waals surface area (Å²) in [4.78, 5) is 19.8. The first-order valence-corrected chi connectivity index (χ1v) is 16.9. The van der Waals surface area contributed by atoms with Crippen molar-refractivity contribution in [2.45, 2.75) is 38.5 Å². The molecule has 0 saturated heterocycles. The fourth-order valence-corrected chi connectivity index (χ4v) is 6.90. The fourth-order valence-electron chi connectivity index (χ4n) is 6.90. The molecular formula is C44H36N4. The van der Waals surface area contributed by atoms with E-state index in [-0.39, 0.29) is 0 Å². The maximum Gasteiger partial charge on any atom is 0.164 e. The Morgan fingerprint density at radius 2 is 1.10 bits per heavy atom. The van der Waals surface area contributed by atoms with Gasteiger partial charge in [0.15, 0.2) is 17.5 Å². The van der Waals surface area contributed by atoms with Gasteiger partial charge in [-0.05, 0) is 70.7 Å². The quantitative estimate of drug-likeness (QED) is 0.170. The number of hydrogen-bond acceptors (Lipinski definition) is 4. The molecule has 0 radical (unpaired) electrons. The highest BCUT2D eigenvalue weighted by atomic mass is 15.0. The van der Waals surface area contributed by atoms with Gasteiger partial charge in [0.05, 0.1) is 5.69 Å². The smallest absolute Gasteiger partial charge is 0.164 e. The number of rotatable bonds is 8. The van der Waals surface area contributed by atoms with Gasteiger partial charge in [0.25, 0.3) is 0 Å². The Balaban J connectivity index is 1.11. The Morgan fingerprint density at radius 1 is 0.521 bits per heavy atom. The topological polar surface area (TPSA) is 51.0 Å². The van der Waals surface area contributed by atoms with Crippen molar-refractivity contribution in [2.24, 2.45) is 4.99 Å². The van der Waals surface area contributed by atoms with Crippen molar-refractivity contribution in [3.8, 4) is 45.3 Å². The van der Waals surface area contributed by atoms with Crippen molar-refractivity contribution in [3.63, 3.8) is 0 Å². The van der Waals surface area contributed by atoms with E-state index in [4.69, 9.17) is 19.9 Å². The van der Waals surface area contributed by atoms with E-state index in [0.29, 0.717) is 23.4 Å². The molecule has 4 heteroatoms. The first-order chi connectivity index (χ1) is 23.7. The Morgan fingerprint density at radius 3 is 1.77 bits per heavy atom. The van der Waals surface area contributed by atoms with Crippen LogP contribution < -0.4 is 0 Å². The van der Waals surface area contributed by atoms with Crippen LogP contribution in [0.15, 0.2) is 151 Å². The average molecular weight is 621 g/mol. The SMILES string of the molecule is CCC1=Nc2ccccc2C(CCc2ccc(-c3cccc4c(-c5nc(-c6ccccc6)nc(-c6ccccc6)n5)cccc34)cc2)C1. The van der Waals surface area contributed by atoms with E-state index < -0.39 is 0 Å². The lowest BCUT2D eigenvalue weighted by Crippen LogP contribution is -2.12. The van der Waals surface area contributed by atoms with Crippen LogP contribution in [0.2, 0.25) is 0 Å². The molecule has 2 heterocycles. The minimum atomic E-state index is 0.519. The summed E-state index contributed by atoms with van der Waals surface area (Å²) in [6.07, 6.45) is 4.24. The second-order valence-corrected chi connectivity index (χ2v) is 12.5. The van der Waals surface area contributed by atoms with Crippen molar-refractivity contribution in [1.29, 1.82) is 0 Å². The zero-order valence-electron chi connectivity index (χ0n) is 27.1. The molecule has 8 rings (SSSR count). The number of para-hydroxylation sites is 1. The predicted octanol–water partition coefficient (Wildman–Crippen LogP) is 11.3. The average Bonchev–Trinajstić information content (AvgIpc) is 3.17. The molecule has 0 fully saturated rings. The standard InChI is InChI=1S/C44H36N4/c1-2-35-29-34(37-17-9-10-22-41(37)45-35)28-25-30-23-26-31(27-24-30)36-18-11-20-39-38(36)19-12-21-40(39)44-47-42(32-13-5-3-6-14-32)46-43(48-44)33-15-7-4-8-16-33/h3-24,26-27,34H,2,25,28-29H2,1H3. The van der Waals surface area contributed by atoms with Gasteiger partial charge in [-0.2, -0.15) is 0 Å². The van der Waals surface area contributed by atoms with E-state index in [2.05, 4.69) is 91.9 Å². The molecule has 48 heavy (non-hydrogen) atoms. The molecule has 0 bridgehead atoms. The third-order valence-corrected chi connectivity index (χ3v) is 9.45. The van der Waals surface area contributed by atoms with Gasteiger partial charge in [-0.1, -0.05) is 146 Å². The molecular weight excluding hydrogens is 585 g/mol. The predicted molar refractivity (Wildman–Crippen MR) is 199 cm³/mol. The van der Waals surface area contributed by atoms with Crippen molar-refractivity contribution in [3.05, 3.63) is 157 Å². The highest BCUT2D eigenvalue weighted by molar-refractivity contribution is 6.03. The number of aliphatic imine (C=N–C) groups is 1. The van der Waals surface area contributed by atoms with Gasteiger partial charge in [0.1, 0.15) is 0 Å². The van der Waals surface area contributed by atoms with E-state index in [0.717, 1.165) is 53.4 Å². The van der Waals surface area contributed by atoms with Crippen molar-refractivity contribution in [1.82, 2.24) is 15.0 Å². The van der Waals surface area contributed by atoms with Crippen LogP contribution in [0.5, 0.6) is 0 Å². The summed E-state index contributed by atoms with van der Waals surface area (Å²) in [5, 5.41) is 2.29. The monoisotopic (exact) mass is 620 g/mol. The zero-order valence-corrected chi connectivity index (χ0v) is 27.1. The van der Waals surface area contributed by atoms with Gasteiger partial charge >= 0.3 is 0 Å². The third kappa shape index (κ3) is 5.93. The Hall–Kier alpha value is -5.74. The molecule has 0 aliphatic carbocycles. The molecule has 4 nitrogen and oxygen atoms in total. The number of fused-ring (bicyclic) bond motifs is 2. The molecule has 1 aliphatic heterocycles. The summed E-state index contributed by atoms with van der Waals surface area (Å²) < 4.78 is 0. The van der Waals surface area contributed by atoms with E-state index in [1.54, 1.807) is 0 Å². The second-order valence-electron chi connectivity index (χ2n) is 12.5. The van der Waals surface area contributed by atoms with E-state index >= 15 is 0 Å². The number of hydrogen-bond donors (Lipinski definition) is 0. The molecule has 0 saturated carbocycles. The summed E-state index contributed by atoms with van der Waals surface area (Å²) in [5.74, 6) is 2.52. The number of aromatic nitrogens is 3. The molecule has 0 amide bonds. The van der Waals surface area contributed by atoms with Crippen LogP contribution in [0.1, 0.15) is 43.2 Å². The van der Waals surface area contributed by atoms with Gasteiger partial charge < -0.3 is 0 Å². The lowest BCUT2D eigenvalue weighted by Gasteiger charge is -2.24. The van der Waals surface area contributed by atoms with Crippen molar-refractivity contribution in [2.75, 3.05) is 0 Å². The van der Waals surface area contributed by atoms with Crippen LogP contribution in [0.3, 0.4) is 0 Å². The largest absolute Gasteiger partial charge is 0.258 e. The summed E-state index contributed by atoms with van der Waals surface area (Å²) in [7, 11) is 0. The highest BCUT2D eigenvalue weighted by Gasteiger charge is 2.22. The molecule has 7 aromatic rings. The number of aryl methyl sites for hydroxylation is 1. The third-order valence-electron chi connectivity index (χ3n) is 9.45. The van der Waals surface area contributed by atoms with E-state index in [1.165, 1.54) is 33.4 Å². The van der Waals surface area contributed by atoms with Gasteiger partial charge in [0.2, 0.25) is 0 Å². The maximum atomic E-state index is 5.02. The fraction of sp³-hybridized carbons (Fsp3) is 0.136. The molecule has 0 N–H and O–H groups in total. The summed E-state index contributed by atoms with van der Waals surface area (Å²) in [5.41, 5.74) is 10.5. The van der Waals surface area contributed by atoms with Crippen LogP contribution >= 0.6 is 0 Å². The number of benzene rings is 6. The molecule has 1 unspecified atom stereocenters. The van der Waals surface area contributed by atoms with Gasteiger partial charge in [-0.25, -0.2) is 15.0 Å². The van der Waals surface area contributed by atoms with Crippen molar-refractivity contribution < 1.29 is 0 Å². The van der Waals surface area contributed by atoms with Gasteiger partial charge in [0, 0.05) is 22.4 Å². The summed E-state index contributed by atoms with van der Waals surface area (Å²) in [6.45, 7) is 2.22. The van der Waals surface area contributed by atoms with Crippen LogP contribution in [-0.4, -0.2) is 20.7 Å². The summed E-state index contributed by atoms with van der Waals surface area (Å²) >= 11 is 0. The number of nitrogens with zero attached hydrogens (tertiary/aromatic N) is 4. The lowest BCUT2D eigenvalue weighted by molar-refractivity contribution is 0.636. The molecule has 232 valence electrons. The van der Waals surface area contributed by atoms with Crippen LogP contribution in [0, 0.1) is 0 Å². The van der Waals surface area contributed by atoms with Gasteiger partial charge in [-0.15, -0.1) is 0 Å². The molecule has 1 aromatic heterocycles. The highest BCUT2D eigenvalue weighted by Crippen LogP contribution is 2.39. The maximum absolute atomic E-state index is 5.02. The zero-order chi connectivity index (χ0) is 32.3. The second kappa shape index (κ2) is 13.2. The molecule has 1 aliphatic rings. The van der Waals surface area contributed by atoms with E-state index in [9.17, 15) is 0 Å². The Labute approximate surface area is 282 Å². The van der Waals surface area contributed by atoms with E-state index in [1.807, 2.05) is 60.7 Å². The van der Waals surface area contributed by atoms with Crippen LogP contribution in [0.25, 0.3) is 56.1 Å². The minimum Gasteiger partial charge on any atom is -0.258 e. The first kappa shape index (κ1) is 29.6. The minimum absolute atomic E-state index is 0.519. The van der Waals surface area contributed by atoms with Crippen LogP contribution in [-0.2, 0) is 6.42 Å². The summed E-state index contributed by atoms with van der Waals surface area (Å²) in [6, 6.07) is 51.0. The Bertz CT molecular complexity index is 2180. The Kier molecular flexibility index (Phi) is 8.13. The molecule has 0 spiro atoms.